The Labute approximate surface area is 107 Å². The molecule has 1 rings (SSSR count). The van der Waals surface area contributed by atoms with Gasteiger partial charge in [0.05, 0.1) is 12.2 Å². The summed E-state index contributed by atoms with van der Waals surface area (Å²) in [7, 11) is 3.66. The molecule has 0 saturated heterocycles. The topological polar surface area (TPSA) is 18.5 Å². The molecule has 0 aromatic rings. The van der Waals surface area contributed by atoms with Gasteiger partial charge in [0.1, 0.15) is 0 Å². The van der Waals surface area contributed by atoms with E-state index >= 15 is 0 Å². The van der Waals surface area contributed by atoms with Crippen molar-refractivity contribution in [3.8, 4) is 0 Å². The van der Waals surface area contributed by atoms with Crippen molar-refractivity contribution in [3.05, 3.63) is 0 Å². The molecule has 0 bridgehead atoms. The van der Waals surface area contributed by atoms with Crippen LogP contribution in [0.2, 0.25) is 0 Å². The van der Waals surface area contributed by atoms with Gasteiger partial charge in [0.15, 0.2) is 0 Å². The lowest BCUT2D eigenvalue weighted by Gasteiger charge is -2.40. The van der Waals surface area contributed by atoms with Crippen molar-refractivity contribution >= 4 is 0 Å². The first-order valence-corrected chi connectivity index (χ1v) is 7.05. The van der Waals surface area contributed by atoms with Crippen molar-refractivity contribution in [2.75, 3.05) is 14.2 Å². The van der Waals surface area contributed by atoms with E-state index in [0.29, 0.717) is 24.0 Å². The second kappa shape index (κ2) is 6.75. The number of hydrogen-bond acceptors (Lipinski definition) is 2. The zero-order chi connectivity index (χ0) is 13.0. The number of methoxy groups -OCH3 is 2. The lowest BCUT2D eigenvalue weighted by Crippen LogP contribution is -2.36. The molecule has 0 aromatic carbocycles. The van der Waals surface area contributed by atoms with Crippen LogP contribution in [0.1, 0.15) is 47.0 Å². The molecular formula is C15H30O2. The van der Waals surface area contributed by atoms with E-state index in [1.54, 1.807) is 0 Å². The summed E-state index contributed by atoms with van der Waals surface area (Å²) in [6.07, 6.45) is 4.65. The van der Waals surface area contributed by atoms with E-state index in [1.165, 1.54) is 19.3 Å². The van der Waals surface area contributed by atoms with E-state index in [4.69, 9.17) is 9.47 Å². The third-order valence-electron chi connectivity index (χ3n) is 4.83. The fraction of sp³-hybridized carbons (Fsp3) is 1.00. The lowest BCUT2D eigenvalue weighted by molar-refractivity contribution is -0.0230. The lowest BCUT2D eigenvalue weighted by atomic mass is 9.68. The standard InChI is InChI=1S/C15H30O2/c1-10(2)13-7-14(11(3)16-5)9-15(8-13)12(4)17-6/h10-15H,7-9H2,1-6H3/t11?,12?,13?,14-,15?/m1/s1. The Hall–Kier alpha value is -0.0800. The average molecular weight is 242 g/mol. The fourth-order valence-corrected chi connectivity index (χ4v) is 3.15. The van der Waals surface area contributed by atoms with Crippen LogP contribution in [-0.4, -0.2) is 26.4 Å². The molecule has 0 aliphatic heterocycles. The van der Waals surface area contributed by atoms with Gasteiger partial charge in [-0.05, 0) is 56.8 Å². The van der Waals surface area contributed by atoms with E-state index in [1.807, 2.05) is 14.2 Å². The molecule has 2 nitrogen and oxygen atoms in total. The van der Waals surface area contributed by atoms with Crippen molar-refractivity contribution in [1.82, 2.24) is 0 Å². The summed E-state index contributed by atoms with van der Waals surface area (Å²) >= 11 is 0. The third kappa shape index (κ3) is 3.96. The zero-order valence-corrected chi connectivity index (χ0v) is 12.4. The summed E-state index contributed by atoms with van der Waals surface area (Å²) in [6, 6.07) is 0. The highest BCUT2D eigenvalue weighted by Crippen LogP contribution is 2.41. The van der Waals surface area contributed by atoms with Crippen LogP contribution < -0.4 is 0 Å². The predicted octanol–water partition coefficient (Wildman–Crippen LogP) is 3.74. The Morgan fingerprint density at radius 3 is 1.35 bits per heavy atom. The Balaban J connectivity index is 2.68. The van der Waals surface area contributed by atoms with Gasteiger partial charge in [0.2, 0.25) is 0 Å². The van der Waals surface area contributed by atoms with E-state index in [2.05, 4.69) is 27.7 Å². The van der Waals surface area contributed by atoms with Crippen molar-refractivity contribution < 1.29 is 9.47 Å². The molecule has 0 radical (unpaired) electrons. The van der Waals surface area contributed by atoms with E-state index in [0.717, 1.165) is 11.8 Å². The Morgan fingerprint density at radius 2 is 1.06 bits per heavy atom. The first-order valence-electron chi connectivity index (χ1n) is 7.05. The molecule has 0 N–H and O–H groups in total. The minimum Gasteiger partial charge on any atom is -0.381 e. The van der Waals surface area contributed by atoms with Crippen LogP contribution in [0.4, 0.5) is 0 Å². The van der Waals surface area contributed by atoms with Crippen LogP contribution in [0.25, 0.3) is 0 Å². The molecule has 5 atom stereocenters. The maximum atomic E-state index is 5.54. The van der Waals surface area contributed by atoms with Gasteiger partial charge in [0.25, 0.3) is 0 Å². The van der Waals surface area contributed by atoms with Crippen molar-refractivity contribution in [2.45, 2.75) is 59.2 Å². The van der Waals surface area contributed by atoms with Gasteiger partial charge in [0, 0.05) is 14.2 Å². The molecule has 0 heterocycles. The van der Waals surface area contributed by atoms with Gasteiger partial charge < -0.3 is 9.47 Å². The maximum Gasteiger partial charge on any atom is 0.0571 e. The summed E-state index contributed by atoms with van der Waals surface area (Å²) in [5, 5.41) is 0. The summed E-state index contributed by atoms with van der Waals surface area (Å²) in [5.41, 5.74) is 0. The molecule has 1 aliphatic rings. The van der Waals surface area contributed by atoms with Crippen LogP contribution in [0.3, 0.4) is 0 Å². The zero-order valence-electron chi connectivity index (χ0n) is 12.4. The van der Waals surface area contributed by atoms with Gasteiger partial charge >= 0.3 is 0 Å². The molecule has 1 saturated carbocycles. The molecule has 4 unspecified atom stereocenters. The molecule has 1 fully saturated rings. The fourth-order valence-electron chi connectivity index (χ4n) is 3.15. The third-order valence-corrected chi connectivity index (χ3v) is 4.83. The molecular weight excluding hydrogens is 212 g/mol. The first kappa shape index (κ1) is 15.0. The van der Waals surface area contributed by atoms with Crippen molar-refractivity contribution in [2.24, 2.45) is 23.7 Å². The van der Waals surface area contributed by atoms with Crippen molar-refractivity contribution in [1.29, 1.82) is 0 Å². The van der Waals surface area contributed by atoms with Gasteiger partial charge in [-0.1, -0.05) is 13.8 Å². The monoisotopic (exact) mass is 242 g/mol. The second-order valence-corrected chi connectivity index (χ2v) is 6.11. The predicted molar refractivity (Wildman–Crippen MR) is 72.1 cm³/mol. The largest absolute Gasteiger partial charge is 0.381 e. The van der Waals surface area contributed by atoms with E-state index in [-0.39, 0.29) is 0 Å². The molecule has 0 amide bonds. The quantitative estimate of drug-likeness (QED) is 0.731. The Kier molecular flexibility index (Phi) is 5.94. The molecule has 0 spiro atoms. The van der Waals surface area contributed by atoms with Gasteiger partial charge in [-0.25, -0.2) is 0 Å². The highest BCUT2D eigenvalue weighted by atomic mass is 16.5. The van der Waals surface area contributed by atoms with E-state index in [9.17, 15) is 0 Å². The smallest absolute Gasteiger partial charge is 0.0571 e. The summed E-state index contributed by atoms with van der Waals surface area (Å²) in [6.45, 7) is 9.11. The van der Waals surface area contributed by atoms with Crippen LogP contribution >= 0.6 is 0 Å². The van der Waals surface area contributed by atoms with E-state index < -0.39 is 0 Å². The molecule has 102 valence electrons. The molecule has 1 aliphatic carbocycles. The normalized spacial score (nSPS) is 33.7. The summed E-state index contributed by atoms with van der Waals surface area (Å²) in [5.74, 6) is 3.00. The van der Waals surface area contributed by atoms with Crippen LogP contribution in [-0.2, 0) is 9.47 Å². The average Bonchev–Trinajstić information content (AvgIpc) is 2.36. The van der Waals surface area contributed by atoms with Gasteiger partial charge in [-0.15, -0.1) is 0 Å². The van der Waals surface area contributed by atoms with Gasteiger partial charge in [-0.3, -0.25) is 0 Å². The highest BCUT2D eigenvalue weighted by Gasteiger charge is 2.35. The number of rotatable bonds is 5. The Bertz CT molecular complexity index is 197. The number of hydrogen-bond donors (Lipinski definition) is 0. The van der Waals surface area contributed by atoms with Crippen LogP contribution in [0.5, 0.6) is 0 Å². The highest BCUT2D eigenvalue weighted by molar-refractivity contribution is 4.85. The van der Waals surface area contributed by atoms with Crippen molar-refractivity contribution in [3.63, 3.8) is 0 Å². The van der Waals surface area contributed by atoms with Crippen LogP contribution in [0, 0.1) is 23.7 Å². The first-order chi connectivity index (χ1) is 7.99. The van der Waals surface area contributed by atoms with Gasteiger partial charge in [-0.2, -0.15) is 0 Å². The van der Waals surface area contributed by atoms with Crippen LogP contribution in [0.15, 0.2) is 0 Å². The Morgan fingerprint density at radius 1 is 0.706 bits per heavy atom. The minimum atomic E-state index is 0.378. The maximum absolute atomic E-state index is 5.54. The SMILES string of the molecule is COC(C)C1CC(C(C)C)C[C@@H](C(C)OC)C1. The summed E-state index contributed by atoms with van der Waals surface area (Å²) in [4.78, 5) is 0. The summed E-state index contributed by atoms with van der Waals surface area (Å²) < 4.78 is 11.1. The molecule has 2 heteroatoms. The molecule has 17 heavy (non-hydrogen) atoms. The molecule has 0 aromatic heterocycles. The minimum absolute atomic E-state index is 0.378. The number of ether oxygens (including phenoxy) is 2. The second-order valence-electron chi connectivity index (χ2n) is 6.11.